The molecular formula is C52H80N8O17. The largest absolute Gasteiger partial charge is 0.465 e. The van der Waals surface area contributed by atoms with Gasteiger partial charge >= 0.3 is 5.97 Å². The molecule has 0 radical (unpaired) electrons. The average Bonchev–Trinajstić information content (AvgIpc) is 3.38. The van der Waals surface area contributed by atoms with Crippen molar-refractivity contribution >= 4 is 70.5 Å². The molecule has 2 rings (SSSR count). The zero-order valence-corrected chi connectivity index (χ0v) is 44.9. The SMILES string of the molecule is CC[C@H](N)C(=O)NCCOCCOCC(=O)CCC(=O)N[C@H](C(=O)C[C@@H](CC(N)=O)C(=O)N[C@@H](C)C(=O)C[C@H]1COC(=O)[C@H](Cc2ccccc2)CC(=O)[C@H](CC(C)C)NC(=O)[C@H](CO)NC(=O)[C@H](CO)NC1=O)C(C)C. The van der Waals surface area contributed by atoms with Crippen LogP contribution in [0.5, 0.6) is 0 Å². The standard InChI is InChI=1S/C52H80N8O17/c1-7-37(53)49(71)55-15-16-75-17-18-76-28-36(63)13-14-45(68)60-46(30(4)5)43(66)21-33(24-44(54)67)47(69)56-31(6)41(64)23-35-27-77-52(74)34(20-32-11-9-8-10-12-32)22-42(65)38(19-29(2)3)57-50(72)40(26-62)59-51(73)39(25-61)58-48(35)70/h8-12,29-31,33-35,37-40,46,61-62H,7,13-28,53H2,1-6H3,(H2,54,67)(H,55,71)(H,56,69)(H,57,72)(H,58,70)(H,59,73)(H,60,68)/t31-,33-,34+,35-,37-,38-,39-,40-,46-/m0/s1. The topological polar surface area (TPSA) is 397 Å². The lowest BCUT2D eigenvalue weighted by atomic mass is 9.89. The van der Waals surface area contributed by atoms with Gasteiger partial charge in [0.25, 0.3) is 0 Å². The minimum atomic E-state index is -1.77. The summed E-state index contributed by atoms with van der Waals surface area (Å²) in [6.45, 7) is 7.43. The van der Waals surface area contributed by atoms with Gasteiger partial charge in [-0.3, -0.25) is 57.5 Å². The lowest BCUT2D eigenvalue weighted by Crippen LogP contribution is -2.58. The Morgan fingerprint density at radius 3 is 1.95 bits per heavy atom. The number of benzene rings is 1. The third-order valence-corrected chi connectivity index (χ3v) is 12.4. The maximum Gasteiger partial charge on any atom is 0.309 e. The van der Waals surface area contributed by atoms with Crippen molar-refractivity contribution in [3.05, 3.63) is 35.9 Å². The predicted octanol–water partition coefficient (Wildman–Crippen LogP) is -2.25. The van der Waals surface area contributed by atoms with Crippen molar-refractivity contribution in [1.29, 1.82) is 0 Å². The zero-order chi connectivity index (χ0) is 57.8. The second-order valence-corrected chi connectivity index (χ2v) is 19.8. The summed E-state index contributed by atoms with van der Waals surface area (Å²) in [7, 11) is 0. The van der Waals surface area contributed by atoms with Crippen LogP contribution in [0.3, 0.4) is 0 Å². The fraction of sp³-hybridized carbons (Fsp3) is 0.654. The monoisotopic (exact) mass is 1090 g/mol. The van der Waals surface area contributed by atoms with E-state index in [1.807, 2.05) is 0 Å². The summed E-state index contributed by atoms with van der Waals surface area (Å²) >= 11 is 0. The second-order valence-electron chi connectivity index (χ2n) is 19.8. The number of nitrogens with one attached hydrogen (secondary N) is 6. The number of amides is 7. The number of esters is 1. The molecule has 9 atom stereocenters. The van der Waals surface area contributed by atoms with E-state index >= 15 is 0 Å². The molecule has 1 aliphatic rings. The average molecular weight is 1090 g/mol. The molecule has 0 aromatic heterocycles. The molecule has 12 N–H and O–H groups in total. The maximum atomic E-state index is 13.9. The van der Waals surface area contributed by atoms with Crippen molar-refractivity contribution in [3.63, 3.8) is 0 Å². The van der Waals surface area contributed by atoms with E-state index in [1.165, 1.54) is 6.92 Å². The van der Waals surface area contributed by atoms with Crippen LogP contribution in [0.15, 0.2) is 30.3 Å². The van der Waals surface area contributed by atoms with Crippen molar-refractivity contribution in [2.45, 2.75) is 136 Å². The Balaban J connectivity index is 2.21. The Morgan fingerprint density at radius 1 is 0.753 bits per heavy atom. The lowest BCUT2D eigenvalue weighted by Gasteiger charge is -2.27. The number of hydrogen-bond donors (Lipinski definition) is 10. The first-order valence-corrected chi connectivity index (χ1v) is 25.9. The molecule has 1 aromatic rings. The van der Waals surface area contributed by atoms with Gasteiger partial charge in [0, 0.05) is 45.1 Å². The van der Waals surface area contributed by atoms with Crippen LogP contribution in [0.2, 0.25) is 0 Å². The number of hydrogen-bond acceptors (Lipinski definition) is 18. The summed E-state index contributed by atoms with van der Waals surface area (Å²) in [5, 5.41) is 34.9. The number of aliphatic hydroxyl groups excluding tert-OH is 2. The van der Waals surface area contributed by atoms with E-state index in [-0.39, 0.29) is 70.5 Å². The summed E-state index contributed by atoms with van der Waals surface area (Å²) in [5.74, 6) is -14.4. The molecule has 0 bridgehead atoms. The van der Waals surface area contributed by atoms with Gasteiger partial charge in [0.15, 0.2) is 23.1 Å². The number of carbonyl (C=O) groups is 12. The highest BCUT2D eigenvalue weighted by Gasteiger charge is 2.37. The van der Waals surface area contributed by atoms with Gasteiger partial charge in [0.1, 0.15) is 25.3 Å². The quantitative estimate of drug-likeness (QED) is 0.0277. The third kappa shape index (κ3) is 25.0. The van der Waals surface area contributed by atoms with E-state index in [2.05, 4.69) is 31.9 Å². The molecule has 7 amide bonds. The normalized spacial score (nSPS) is 20.4. The van der Waals surface area contributed by atoms with Gasteiger partial charge in [0.2, 0.25) is 41.4 Å². The summed E-state index contributed by atoms with van der Waals surface area (Å²) < 4.78 is 16.3. The van der Waals surface area contributed by atoms with E-state index in [1.54, 1.807) is 65.0 Å². The van der Waals surface area contributed by atoms with Crippen LogP contribution in [0.4, 0.5) is 0 Å². The molecule has 25 nitrogen and oxygen atoms in total. The van der Waals surface area contributed by atoms with Crippen LogP contribution in [0, 0.1) is 29.6 Å². The molecule has 0 saturated carbocycles. The Bertz CT molecular complexity index is 2180. The number of carbonyl (C=O) groups excluding carboxylic acids is 12. The number of nitrogens with two attached hydrogens (primary N) is 2. The van der Waals surface area contributed by atoms with Crippen LogP contribution in [-0.2, 0) is 78.2 Å². The van der Waals surface area contributed by atoms with Crippen LogP contribution in [0.1, 0.15) is 98.5 Å². The first kappa shape index (κ1) is 66.6. The number of Topliss-reactive ketones (excluding diaryl/α,β-unsaturated/α-hetero) is 4. The van der Waals surface area contributed by atoms with Gasteiger partial charge in [-0.2, -0.15) is 0 Å². The van der Waals surface area contributed by atoms with E-state index in [0.29, 0.717) is 12.0 Å². The van der Waals surface area contributed by atoms with Gasteiger partial charge in [-0.25, -0.2) is 0 Å². The summed E-state index contributed by atoms with van der Waals surface area (Å²) in [6.07, 6.45) is -2.41. The second kappa shape index (κ2) is 35.0. The molecule has 430 valence electrons. The number of ketones is 4. The molecule has 1 fully saturated rings. The Hall–Kier alpha value is -6.54. The Labute approximate surface area is 448 Å². The van der Waals surface area contributed by atoms with Crippen molar-refractivity contribution in [2.24, 2.45) is 41.1 Å². The molecule has 0 aliphatic carbocycles. The number of ether oxygens (including phenoxy) is 3. The van der Waals surface area contributed by atoms with Crippen LogP contribution in [0.25, 0.3) is 0 Å². The fourth-order valence-corrected chi connectivity index (χ4v) is 7.88. The van der Waals surface area contributed by atoms with E-state index in [0.717, 1.165) is 0 Å². The van der Waals surface area contributed by atoms with Gasteiger partial charge in [-0.05, 0) is 43.6 Å². The number of aliphatic hydroxyl groups is 2. The molecule has 0 unspecified atom stereocenters. The number of primary amides is 1. The zero-order valence-electron chi connectivity index (χ0n) is 44.9. The smallest absolute Gasteiger partial charge is 0.309 e. The molecule has 77 heavy (non-hydrogen) atoms. The number of cyclic esters (lactones) is 1. The minimum absolute atomic E-state index is 0.00910. The van der Waals surface area contributed by atoms with Crippen molar-refractivity contribution in [3.8, 4) is 0 Å². The van der Waals surface area contributed by atoms with Crippen molar-refractivity contribution in [1.82, 2.24) is 31.9 Å². The highest BCUT2D eigenvalue weighted by Crippen LogP contribution is 2.21. The summed E-state index contributed by atoms with van der Waals surface area (Å²) in [5.41, 5.74) is 11.7. The highest BCUT2D eigenvalue weighted by atomic mass is 16.5. The number of rotatable bonds is 31. The first-order valence-electron chi connectivity index (χ1n) is 25.9. The van der Waals surface area contributed by atoms with Gasteiger partial charge in [0.05, 0.1) is 75.0 Å². The summed E-state index contributed by atoms with van der Waals surface area (Å²) in [6, 6.07) is 0.835. The molecule has 0 spiro atoms. The Morgan fingerprint density at radius 2 is 1.36 bits per heavy atom. The van der Waals surface area contributed by atoms with Gasteiger partial charge < -0.3 is 67.8 Å². The first-order chi connectivity index (χ1) is 36.4. The molecular weight excluding hydrogens is 1010 g/mol. The van der Waals surface area contributed by atoms with Crippen LogP contribution in [-0.4, -0.2) is 170 Å². The van der Waals surface area contributed by atoms with E-state index < -0.39 is 170 Å². The van der Waals surface area contributed by atoms with E-state index in [4.69, 9.17) is 25.7 Å². The molecule has 1 saturated heterocycles. The predicted molar refractivity (Wildman–Crippen MR) is 275 cm³/mol. The molecule has 25 heteroatoms. The molecule has 1 heterocycles. The summed E-state index contributed by atoms with van der Waals surface area (Å²) in [4.78, 5) is 159. The molecule has 1 aromatic carbocycles. The third-order valence-electron chi connectivity index (χ3n) is 12.4. The lowest BCUT2D eigenvalue weighted by molar-refractivity contribution is -0.154. The fourth-order valence-electron chi connectivity index (χ4n) is 7.88. The van der Waals surface area contributed by atoms with Crippen molar-refractivity contribution < 1.29 is 82.0 Å². The highest BCUT2D eigenvalue weighted by molar-refractivity contribution is 5.99. The Kier molecular flexibility index (Phi) is 30.2. The molecule has 1 aliphatic heterocycles. The van der Waals surface area contributed by atoms with Crippen LogP contribution < -0.4 is 43.4 Å². The van der Waals surface area contributed by atoms with Crippen molar-refractivity contribution in [2.75, 3.05) is 52.8 Å². The van der Waals surface area contributed by atoms with Gasteiger partial charge in [-0.1, -0.05) is 65.0 Å². The van der Waals surface area contributed by atoms with Crippen LogP contribution >= 0.6 is 0 Å². The van der Waals surface area contributed by atoms with E-state index in [9.17, 15) is 67.7 Å². The minimum Gasteiger partial charge on any atom is -0.465 e. The maximum absolute atomic E-state index is 13.9. The van der Waals surface area contributed by atoms with Gasteiger partial charge in [-0.15, -0.1) is 0 Å².